The number of amidine groups is 1. The molecule has 1 aromatic carbocycles. The average molecular weight is 427 g/mol. The van der Waals surface area contributed by atoms with Crippen LogP contribution in [0.1, 0.15) is 22.6 Å². The second kappa shape index (κ2) is 6.13. The minimum Gasteiger partial charge on any atom is -0.488 e. The first-order chi connectivity index (χ1) is 11.5. The molecule has 24 heavy (non-hydrogen) atoms. The number of carbonyl (C=O) groups excluding carboxylic acids is 1. The van der Waals surface area contributed by atoms with Crippen LogP contribution in [0.2, 0.25) is 5.02 Å². The lowest BCUT2D eigenvalue weighted by Gasteiger charge is -2.15. The van der Waals surface area contributed by atoms with E-state index >= 15 is 0 Å². The fraction of sp³-hybridized carbons (Fsp3) is 0.312. The molecule has 124 valence electrons. The maximum atomic E-state index is 11.8. The first kappa shape index (κ1) is 16.1. The molecule has 2 aliphatic rings. The Bertz CT molecular complexity index is 867. The van der Waals surface area contributed by atoms with Crippen LogP contribution >= 0.6 is 38.9 Å². The number of nitrogens with zero attached hydrogens (tertiary/aromatic N) is 2. The van der Waals surface area contributed by atoms with Gasteiger partial charge in [0.05, 0.1) is 27.6 Å². The molecule has 1 amide bonds. The summed E-state index contributed by atoms with van der Waals surface area (Å²) in [4.78, 5) is 21.7. The Balaban J connectivity index is 1.50. The maximum Gasteiger partial charge on any atom is 0.230 e. The van der Waals surface area contributed by atoms with Crippen molar-refractivity contribution in [3.8, 4) is 5.75 Å². The molecule has 0 spiro atoms. The third-order valence-electron chi connectivity index (χ3n) is 4.06. The van der Waals surface area contributed by atoms with Gasteiger partial charge in [-0.05, 0) is 47.5 Å². The highest BCUT2D eigenvalue weighted by Crippen LogP contribution is 2.37. The lowest BCUT2D eigenvalue weighted by Crippen LogP contribution is -2.36. The molecule has 5 nitrogen and oxygen atoms in total. The zero-order valence-electron chi connectivity index (χ0n) is 12.7. The van der Waals surface area contributed by atoms with Gasteiger partial charge in [-0.3, -0.25) is 9.79 Å². The maximum absolute atomic E-state index is 11.8. The van der Waals surface area contributed by atoms with Crippen LogP contribution in [0.25, 0.3) is 0 Å². The molecule has 4 rings (SSSR count). The van der Waals surface area contributed by atoms with E-state index in [1.54, 1.807) is 17.4 Å². The number of aromatic nitrogens is 1. The van der Waals surface area contributed by atoms with Gasteiger partial charge in [0.2, 0.25) is 5.91 Å². The largest absolute Gasteiger partial charge is 0.488 e. The summed E-state index contributed by atoms with van der Waals surface area (Å²) in [5.74, 6) is 1.31. The molecular formula is C16H13BrClN3O2S. The van der Waals surface area contributed by atoms with Crippen molar-refractivity contribution in [1.82, 2.24) is 10.3 Å². The number of rotatable bonds is 4. The minimum atomic E-state index is 0.0349. The Labute approximate surface area is 156 Å². The number of benzene rings is 1. The molecule has 1 aliphatic carbocycles. The zero-order chi connectivity index (χ0) is 16.8. The van der Waals surface area contributed by atoms with Crippen molar-refractivity contribution in [2.24, 2.45) is 10.9 Å². The molecule has 0 saturated heterocycles. The lowest BCUT2D eigenvalue weighted by molar-refractivity contribution is -0.121. The second-order valence-electron chi connectivity index (χ2n) is 5.78. The number of hydrogen-bond acceptors (Lipinski definition) is 5. The summed E-state index contributed by atoms with van der Waals surface area (Å²) in [6.45, 7) is 2.39. The number of nitrogens with one attached hydrogen (secondary N) is 1. The number of hydrogen-bond donors (Lipinski definition) is 1. The SMILES string of the molecule is Cc1nc(Br)sc1COc1ccc(C2=NC3C[C@@H]3C(=O)N2)c(Cl)c1. The summed E-state index contributed by atoms with van der Waals surface area (Å²) < 4.78 is 6.64. The predicted molar refractivity (Wildman–Crippen MR) is 96.9 cm³/mol. The number of carbonyl (C=O) groups is 1. The van der Waals surface area contributed by atoms with Gasteiger partial charge in [0.1, 0.15) is 18.2 Å². The van der Waals surface area contributed by atoms with Crippen LogP contribution in [0.4, 0.5) is 0 Å². The van der Waals surface area contributed by atoms with Gasteiger partial charge in [0.15, 0.2) is 3.92 Å². The smallest absolute Gasteiger partial charge is 0.230 e. The van der Waals surface area contributed by atoms with Gasteiger partial charge in [-0.25, -0.2) is 4.98 Å². The van der Waals surface area contributed by atoms with Crippen LogP contribution in [0.3, 0.4) is 0 Å². The van der Waals surface area contributed by atoms with Crippen molar-refractivity contribution >= 4 is 50.6 Å². The second-order valence-corrected chi connectivity index (χ2v) is 8.55. The molecule has 2 atom stereocenters. The lowest BCUT2D eigenvalue weighted by atomic mass is 10.1. The van der Waals surface area contributed by atoms with Crippen LogP contribution in [-0.4, -0.2) is 22.8 Å². The van der Waals surface area contributed by atoms with Crippen LogP contribution in [-0.2, 0) is 11.4 Å². The summed E-state index contributed by atoms with van der Waals surface area (Å²) in [5, 5.41) is 3.33. The first-order valence-electron chi connectivity index (χ1n) is 7.44. The highest BCUT2D eigenvalue weighted by atomic mass is 79.9. The third-order valence-corrected chi connectivity index (χ3v) is 5.96. The Morgan fingerprint density at radius 2 is 2.33 bits per heavy atom. The van der Waals surface area contributed by atoms with Gasteiger partial charge in [-0.2, -0.15) is 0 Å². The summed E-state index contributed by atoms with van der Waals surface area (Å²) in [7, 11) is 0. The number of thiazole rings is 1. The molecule has 1 aromatic heterocycles. The molecule has 2 aromatic rings. The molecule has 1 aliphatic heterocycles. The van der Waals surface area contributed by atoms with E-state index in [0.29, 0.717) is 23.2 Å². The number of halogens is 2. The summed E-state index contributed by atoms with van der Waals surface area (Å²) in [5.41, 5.74) is 1.67. The summed E-state index contributed by atoms with van der Waals surface area (Å²) in [6, 6.07) is 5.53. The fourth-order valence-corrected chi connectivity index (χ4v) is 4.41. The number of amides is 1. The molecule has 1 unspecified atom stereocenters. The van der Waals surface area contributed by atoms with Gasteiger partial charge in [-0.1, -0.05) is 11.6 Å². The fourth-order valence-electron chi connectivity index (χ4n) is 2.60. The zero-order valence-corrected chi connectivity index (χ0v) is 15.8. The van der Waals surface area contributed by atoms with Crippen molar-refractivity contribution in [2.45, 2.75) is 26.0 Å². The molecular weight excluding hydrogens is 414 g/mol. The quantitative estimate of drug-likeness (QED) is 0.810. The van der Waals surface area contributed by atoms with Crippen LogP contribution in [0.5, 0.6) is 5.75 Å². The topological polar surface area (TPSA) is 63.6 Å². The van der Waals surface area contributed by atoms with Gasteiger partial charge < -0.3 is 10.1 Å². The van der Waals surface area contributed by atoms with Crippen LogP contribution in [0.15, 0.2) is 27.1 Å². The van der Waals surface area contributed by atoms with Gasteiger partial charge >= 0.3 is 0 Å². The van der Waals surface area contributed by atoms with Crippen molar-refractivity contribution in [2.75, 3.05) is 0 Å². The molecule has 8 heteroatoms. The van der Waals surface area contributed by atoms with E-state index in [1.807, 2.05) is 19.1 Å². The van der Waals surface area contributed by atoms with E-state index in [-0.39, 0.29) is 17.9 Å². The third kappa shape index (κ3) is 3.08. The van der Waals surface area contributed by atoms with Crippen LogP contribution in [0, 0.1) is 12.8 Å². The summed E-state index contributed by atoms with van der Waals surface area (Å²) in [6.07, 6.45) is 0.831. The van der Waals surface area contributed by atoms with Crippen molar-refractivity contribution in [1.29, 1.82) is 0 Å². The summed E-state index contributed by atoms with van der Waals surface area (Å²) >= 11 is 11.3. The standard InChI is InChI=1S/C16H13BrClN3O2S/c1-7-13(24-16(17)19-7)6-23-8-2-3-9(11(18)4-8)14-20-12-5-10(12)15(22)21-14/h2-4,10,12H,5-6H2,1H3,(H,20,21,22)/t10-,12?/m0/s1. The van der Waals surface area contributed by atoms with Gasteiger partial charge in [0, 0.05) is 5.56 Å². The number of aliphatic imine (C=N–C) groups is 1. The minimum absolute atomic E-state index is 0.0349. The molecule has 1 fully saturated rings. The monoisotopic (exact) mass is 425 g/mol. The van der Waals surface area contributed by atoms with E-state index < -0.39 is 0 Å². The number of aryl methyl sites for hydroxylation is 1. The van der Waals surface area contributed by atoms with Gasteiger partial charge in [-0.15, -0.1) is 11.3 Å². The molecule has 1 N–H and O–H groups in total. The molecule has 1 saturated carbocycles. The van der Waals surface area contributed by atoms with Crippen LogP contribution < -0.4 is 10.1 Å². The predicted octanol–water partition coefficient (Wildman–Crippen LogP) is 3.71. The Hall–Kier alpha value is -1.44. The Kier molecular flexibility index (Phi) is 4.10. The van der Waals surface area contributed by atoms with Crippen molar-refractivity contribution in [3.05, 3.63) is 43.3 Å². The van der Waals surface area contributed by atoms with E-state index in [1.165, 1.54) is 0 Å². The normalized spacial score (nSPS) is 21.8. The van der Waals surface area contributed by atoms with E-state index in [0.717, 1.165) is 26.5 Å². The Morgan fingerprint density at radius 3 is 3.00 bits per heavy atom. The van der Waals surface area contributed by atoms with Crippen molar-refractivity contribution < 1.29 is 9.53 Å². The first-order valence-corrected chi connectivity index (χ1v) is 9.43. The average Bonchev–Trinajstić information content (AvgIpc) is 3.24. The Morgan fingerprint density at radius 1 is 1.50 bits per heavy atom. The van der Waals surface area contributed by atoms with E-state index in [2.05, 4.69) is 31.2 Å². The van der Waals surface area contributed by atoms with E-state index in [9.17, 15) is 4.79 Å². The molecule has 2 heterocycles. The molecule has 0 bridgehead atoms. The molecule has 0 radical (unpaired) electrons. The number of ether oxygens (including phenoxy) is 1. The number of fused-ring (bicyclic) bond motifs is 1. The van der Waals surface area contributed by atoms with E-state index in [4.69, 9.17) is 16.3 Å². The van der Waals surface area contributed by atoms with Crippen molar-refractivity contribution in [3.63, 3.8) is 0 Å². The highest BCUT2D eigenvalue weighted by molar-refractivity contribution is 9.11. The van der Waals surface area contributed by atoms with Gasteiger partial charge in [0.25, 0.3) is 0 Å². The highest BCUT2D eigenvalue weighted by Gasteiger charge is 2.46.